The molecular formula is C28H35N3O5S2. The minimum atomic E-state index is -3.98. The Morgan fingerprint density at radius 1 is 0.789 bits per heavy atom. The molecule has 0 fully saturated rings. The van der Waals surface area contributed by atoms with E-state index in [0.717, 1.165) is 16.7 Å². The number of rotatable bonds is 12. The van der Waals surface area contributed by atoms with Crippen LogP contribution in [0.25, 0.3) is 0 Å². The molecule has 3 aromatic rings. The smallest absolute Gasteiger partial charge is 0.244 e. The van der Waals surface area contributed by atoms with Crippen LogP contribution in [-0.2, 0) is 31.3 Å². The predicted octanol–water partition coefficient (Wildman–Crippen LogP) is 3.25. The van der Waals surface area contributed by atoms with Gasteiger partial charge in [-0.05, 0) is 62.9 Å². The van der Waals surface area contributed by atoms with Crippen molar-refractivity contribution in [3.8, 4) is 0 Å². The van der Waals surface area contributed by atoms with Crippen LogP contribution >= 0.6 is 0 Å². The van der Waals surface area contributed by atoms with Crippen LogP contribution in [0.3, 0.4) is 0 Å². The van der Waals surface area contributed by atoms with E-state index >= 15 is 0 Å². The van der Waals surface area contributed by atoms with Crippen molar-refractivity contribution in [3.63, 3.8) is 0 Å². The van der Waals surface area contributed by atoms with Crippen molar-refractivity contribution in [1.82, 2.24) is 14.3 Å². The Bertz CT molecular complexity index is 1450. The topological polar surface area (TPSA) is 113 Å². The normalized spacial score (nSPS) is 12.0. The molecule has 38 heavy (non-hydrogen) atoms. The second-order valence-electron chi connectivity index (χ2n) is 9.36. The monoisotopic (exact) mass is 557 g/mol. The van der Waals surface area contributed by atoms with Crippen LogP contribution in [-0.4, -0.2) is 53.2 Å². The van der Waals surface area contributed by atoms with Crippen LogP contribution in [0.5, 0.6) is 0 Å². The zero-order valence-electron chi connectivity index (χ0n) is 22.2. The summed E-state index contributed by atoms with van der Waals surface area (Å²) in [6, 6.07) is 19.5. The number of benzene rings is 3. The van der Waals surface area contributed by atoms with Gasteiger partial charge in [-0.3, -0.25) is 4.79 Å². The van der Waals surface area contributed by atoms with Gasteiger partial charge in [-0.25, -0.2) is 21.6 Å². The van der Waals surface area contributed by atoms with Crippen molar-refractivity contribution >= 4 is 26.0 Å². The number of carbonyl (C=O) groups excluding carboxylic acids is 1. The SMILES string of the molecule is Cc1ccc(S(=O)(=O)NCCNC(=O)CN(CCc2ccccc2)S(=O)(=O)c2c(C)cc(C)cc2C)cc1. The maximum atomic E-state index is 13.7. The Balaban J connectivity index is 1.69. The summed E-state index contributed by atoms with van der Waals surface area (Å²) in [4.78, 5) is 13.1. The highest BCUT2D eigenvalue weighted by Crippen LogP contribution is 2.25. The summed E-state index contributed by atoms with van der Waals surface area (Å²) in [6.45, 7) is 6.99. The van der Waals surface area contributed by atoms with E-state index in [1.54, 1.807) is 26.0 Å². The molecule has 3 rings (SSSR count). The summed E-state index contributed by atoms with van der Waals surface area (Å²) in [5.41, 5.74) is 4.10. The summed E-state index contributed by atoms with van der Waals surface area (Å²) in [5.74, 6) is -0.515. The van der Waals surface area contributed by atoms with Crippen molar-refractivity contribution < 1.29 is 21.6 Å². The molecule has 10 heteroatoms. The maximum Gasteiger partial charge on any atom is 0.244 e. The number of nitrogens with one attached hydrogen (secondary N) is 2. The van der Waals surface area contributed by atoms with Gasteiger partial charge in [0.25, 0.3) is 0 Å². The van der Waals surface area contributed by atoms with Crippen LogP contribution in [0.4, 0.5) is 0 Å². The Morgan fingerprint density at radius 2 is 1.39 bits per heavy atom. The molecule has 0 bridgehead atoms. The molecule has 3 aromatic carbocycles. The molecule has 2 N–H and O–H groups in total. The van der Waals surface area contributed by atoms with Gasteiger partial charge in [0.15, 0.2) is 0 Å². The zero-order chi connectivity index (χ0) is 27.9. The second-order valence-corrected chi connectivity index (χ2v) is 13.0. The zero-order valence-corrected chi connectivity index (χ0v) is 23.8. The van der Waals surface area contributed by atoms with Gasteiger partial charge < -0.3 is 5.32 Å². The van der Waals surface area contributed by atoms with E-state index in [-0.39, 0.29) is 36.0 Å². The predicted molar refractivity (Wildman–Crippen MR) is 149 cm³/mol. The Kier molecular flexibility index (Phi) is 9.83. The van der Waals surface area contributed by atoms with Gasteiger partial charge in [0.2, 0.25) is 26.0 Å². The lowest BCUT2D eigenvalue weighted by atomic mass is 10.1. The largest absolute Gasteiger partial charge is 0.354 e. The molecule has 8 nitrogen and oxygen atoms in total. The number of carbonyl (C=O) groups is 1. The van der Waals surface area contributed by atoms with E-state index in [0.29, 0.717) is 17.5 Å². The lowest BCUT2D eigenvalue weighted by Crippen LogP contribution is -2.43. The molecule has 0 spiro atoms. The van der Waals surface area contributed by atoms with Crippen LogP contribution in [0.2, 0.25) is 0 Å². The summed E-state index contributed by atoms with van der Waals surface area (Å²) in [6.07, 6.45) is 0.438. The molecule has 0 aliphatic rings. The fraction of sp³-hybridized carbons (Fsp3) is 0.321. The molecule has 0 heterocycles. The quantitative estimate of drug-likeness (QED) is 0.332. The third-order valence-electron chi connectivity index (χ3n) is 6.09. The van der Waals surface area contributed by atoms with E-state index in [2.05, 4.69) is 10.0 Å². The average molecular weight is 558 g/mol. The number of sulfonamides is 2. The Labute approximate surface area is 226 Å². The molecule has 0 aromatic heterocycles. The third-order valence-corrected chi connectivity index (χ3v) is 9.71. The minimum absolute atomic E-state index is 0.0130. The molecule has 204 valence electrons. The van der Waals surface area contributed by atoms with Crippen molar-refractivity contribution in [2.45, 2.75) is 43.9 Å². The van der Waals surface area contributed by atoms with Crippen molar-refractivity contribution in [1.29, 1.82) is 0 Å². The van der Waals surface area contributed by atoms with Crippen LogP contribution in [0, 0.1) is 27.7 Å². The number of aryl methyl sites for hydroxylation is 4. The van der Waals surface area contributed by atoms with Crippen LogP contribution < -0.4 is 10.0 Å². The molecule has 0 aliphatic heterocycles. The van der Waals surface area contributed by atoms with E-state index < -0.39 is 26.0 Å². The summed E-state index contributed by atoms with van der Waals surface area (Å²) >= 11 is 0. The molecule has 0 aliphatic carbocycles. The number of nitrogens with zero attached hydrogens (tertiary/aromatic N) is 1. The van der Waals surface area contributed by atoms with Crippen LogP contribution in [0.1, 0.15) is 27.8 Å². The lowest BCUT2D eigenvalue weighted by molar-refractivity contribution is -0.121. The van der Waals surface area contributed by atoms with Gasteiger partial charge in [0.1, 0.15) is 0 Å². The summed E-state index contributed by atoms with van der Waals surface area (Å²) in [7, 11) is -7.69. The lowest BCUT2D eigenvalue weighted by Gasteiger charge is -2.24. The molecule has 1 amide bonds. The average Bonchev–Trinajstić information content (AvgIpc) is 2.84. The van der Waals surface area contributed by atoms with E-state index in [4.69, 9.17) is 0 Å². The highest BCUT2D eigenvalue weighted by Gasteiger charge is 2.29. The fourth-order valence-corrected chi connectivity index (χ4v) is 7.13. The summed E-state index contributed by atoms with van der Waals surface area (Å²) in [5, 5.41) is 2.63. The van der Waals surface area contributed by atoms with E-state index in [1.807, 2.05) is 56.3 Å². The number of hydrogen-bond donors (Lipinski definition) is 2. The molecule has 0 saturated carbocycles. The standard InChI is InChI=1S/C28H35N3O5S2/c1-21-10-12-26(13-11-21)37(33,34)30-16-15-29-27(32)20-31(17-14-25-8-6-5-7-9-25)38(35,36)28-23(3)18-22(2)19-24(28)4/h5-13,18-19,30H,14-17,20H2,1-4H3,(H,29,32). The molecule has 0 unspecified atom stereocenters. The first-order valence-corrected chi connectivity index (χ1v) is 15.3. The third kappa shape index (κ3) is 7.73. The first-order valence-electron chi connectivity index (χ1n) is 12.3. The molecule has 0 saturated heterocycles. The minimum Gasteiger partial charge on any atom is -0.354 e. The van der Waals surface area contributed by atoms with E-state index in [1.165, 1.54) is 16.4 Å². The highest BCUT2D eigenvalue weighted by atomic mass is 32.2. The maximum absolute atomic E-state index is 13.7. The Hall–Kier alpha value is -3.05. The number of amides is 1. The van der Waals surface area contributed by atoms with Gasteiger partial charge >= 0.3 is 0 Å². The highest BCUT2D eigenvalue weighted by molar-refractivity contribution is 7.89. The summed E-state index contributed by atoms with van der Waals surface area (Å²) < 4.78 is 56.0. The molecule has 0 radical (unpaired) electrons. The van der Waals surface area contributed by atoms with Crippen LogP contribution in [0.15, 0.2) is 76.5 Å². The van der Waals surface area contributed by atoms with Crippen molar-refractivity contribution in [3.05, 3.63) is 94.5 Å². The molecular weight excluding hydrogens is 522 g/mol. The Morgan fingerprint density at radius 3 is 2.00 bits per heavy atom. The number of hydrogen-bond acceptors (Lipinski definition) is 5. The first kappa shape index (κ1) is 29.5. The van der Waals surface area contributed by atoms with Gasteiger partial charge in [0, 0.05) is 19.6 Å². The van der Waals surface area contributed by atoms with Crippen molar-refractivity contribution in [2.24, 2.45) is 0 Å². The van der Waals surface area contributed by atoms with Gasteiger partial charge in [-0.2, -0.15) is 4.31 Å². The van der Waals surface area contributed by atoms with Gasteiger partial charge in [0.05, 0.1) is 16.3 Å². The first-order chi connectivity index (χ1) is 17.9. The fourth-order valence-electron chi connectivity index (χ4n) is 4.29. The van der Waals surface area contributed by atoms with Gasteiger partial charge in [-0.15, -0.1) is 0 Å². The second kappa shape index (κ2) is 12.7. The van der Waals surface area contributed by atoms with Gasteiger partial charge in [-0.1, -0.05) is 65.7 Å². The van der Waals surface area contributed by atoms with E-state index in [9.17, 15) is 21.6 Å². The molecule has 0 atom stereocenters. The van der Waals surface area contributed by atoms with Crippen molar-refractivity contribution in [2.75, 3.05) is 26.2 Å².